The minimum atomic E-state index is -0.440. The van der Waals surface area contributed by atoms with Crippen LogP contribution >= 0.6 is 0 Å². The van der Waals surface area contributed by atoms with E-state index in [1.807, 2.05) is 41.2 Å². The van der Waals surface area contributed by atoms with Crippen LogP contribution < -0.4 is 11.2 Å². The molecule has 0 amide bonds. The molecule has 0 radical (unpaired) electrons. The molecule has 0 unspecified atom stereocenters. The van der Waals surface area contributed by atoms with Crippen molar-refractivity contribution in [2.24, 2.45) is 0 Å². The highest BCUT2D eigenvalue weighted by molar-refractivity contribution is 5.75. The summed E-state index contributed by atoms with van der Waals surface area (Å²) in [7, 11) is 0. The van der Waals surface area contributed by atoms with Gasteiger partial charge in [-0.15, -0.1) is 0 Å². The summed E-state index contributed by atoms with van der Waals surface area (Å²) in [6.45, 7) is 0.647. The summed E-state index contributed by atoms with van der Waals surface area (Å²) >= 11 is 0. The Balaban J connectivity index is 1.55. The summed E-state index contributed by atoms with van der Waals surface area (Å²) in [5.74, 6) is 0.539. The molecule has 8 heteroatoms. The van der Waals surface area contributed by atoms with Crippen LogP contribution in [-0.2, 0) is 6.54 Å². The fourth-order valence-electron chi connectivity index (χ4n) is 3.99. The van der Waals surface area contributed by atoms with Gasteiger partial charge in [-0.05, 0) is 18.4 Å². The molecule has 3 aromatic heterocycles. The number of benzene rings is 1. The number of hydrogen-bond donors (Lipinski definition) is 2. The smallest absolute Gasteiger partial charge is 0.330 e. The lowest BCUT2D eigenvalue weighted by molar-refractivity contribution is 0.506. The Labute approximate surface area is 159 Å². The van der Waals surface area contributed by atoms with Crippen LogP contribution in [0.1, 0.15) is 37.3 Å². The van der Waals surface area contributed by atoms with E-state index in [-0.39, 0.29) is 11.7 Å². The maximum atomic E-state index is 12.4. The molecule has 142 valence electrons. The molecule has 5 rings (SSSR count). The van der Waals surface area contributed by atoms with Crippen molar-refractivity contribution in [2.45, 2.75) is 38.3 Å². The first-order valence-corrected chi connectivity index (χ1v) is 9.50. The first-order chi connectivity index (χ1) is 13.7. The predicted octanol–water partition coefficient (Wildman–Crippen LogP) is 2.44. The van der Waals surface area contributed by atoms with E-state index in [9.17, 15) is 9.59 Å². The number of hydrogen-bond acceptors (Lipinski definition) is 4. The molecule has 28 heavy (non-hydrogen) atoms. The molecule has 1 aromatic carbocycles. The van der Waals surface area contributed by atoms with Crippen molar-refractivity contribution in [3.05, 3.63) is 69.1 Å². The average Bonchev–Trinajstić information content (AvgIpc) is 3.43. The van der Waals surface area contributed by atoms with Crippen molar-refractivity contribution in [2.75, 3.05) is 0 Å². The molecule has 8 nitrogen and oxygen atoms in total. The number of nitrogens with zero attached hydrogens (tertiary/aromatic N) is 4. The van der Waals surface area contributed by atoms with Gasteiger partial charge in [0.2, 0.25) is 0 Å². The number of aromatic nitrogens is 6. The Morgan fingerprint density at radius 1 is 1.07 bits per heavy atom. The molecule has 0 aliphatic heterocycles. The second-order valence-corrected chi connectivity index (χ2v) is 7.26. The summed E-state index contributed by atoms with van der Waals surface area (Å²) in [5.41, 5.74) is 1.85. The zero-order valence-corrected chi connectivity index (χ0v) is 15.3. The lowest BCUT2D eigenvalue weighted by atomic mass is 10.2. The van der Waals surface area contributed by atoms with Gasteiger partial charge in [0.05, 0.1) is 18.3 Å². The van der Waals surface area contributed by atoms with Crippen LogP contribution in [-0.4, -0.2) is 29.3 Å². The van der Waals surface area contributed by atoms with Gasteiger partial charge in [0.1, 0.15) is 11.3 Å². The molecule has 0 atom stereocenters. The maximum absolute atomic E-state index is 12.4. The van der Waals surface area contributed by atoms with Crippen LogP contribution in [0.25, 0.3) is 22.6 Å². The molecule has 1 saturated carbocycles. The van der Waals surface area contributed by atoms with Crippen molar-refractivity contribution in [1.82, 2.24) is 29.3 Å². The molecule has 4 aromatic rings. The Morgan fingerprint density at radius 2 is 1.86 bits per heavy atom. The molecule has 0 spiro atoms. The first kappa shape index (κ1) is 16.7. The molecular formula is C20H20N6O2. The van der Waals surface area contributed by atoms with Gasteiger partial charge in [0, 0.05) is 12.2 Å². The van der Waals surface area contributed by atoms with Gasteiger partial charge in [-0.25, -0.2) is 9.78 Å². The topological polar surface area (TPSA) is 101 Å². The summed E-state index contributed by atoms with van der Waals surface area (Å²) < 4.78 is 3.46. The van der Waals surface area contributed by atoms with Crippen LogP contribution in [0, 0.1) is 0 Å². The fourth-order valence-corrected chi connectivity index (χ4v) is 3.99. The highest BCUT2D eigenvalue weighted by atomic mass is 16.2. The number of H-pyrrole nitrogens is 2. The average molecular weight is 376 g/mol. The van der Waals surface area contributed by atoms with Gasteiger partial charge in [0.25, 0.3) is 5.56 Å². The number of rotatable bonds is 4. The summed E-state index contributed by atoms with van der Waals surface area (Å²) in [4.78, 5) is 34.8. The van der Waals surface area contributed by atoms with Crippen LogP contribution in [0.15, 0.2) is 52.3 Å². The van der Waals surface area contributed by atoms with Gasteiger partial charge in [0.15, 0.2) is 5.65 Å². The van der Waals surface area contributed by atoms with Crippen molar-refractivity contribution in [1.29, 1.82) is 0 Å². The van der Waals surface area contributed by atoms with Gasteiger partial charge in [-0.2, -0.15) is 5.10 Å². The number of fused-ring (bicyclic) bond motifs is 1. The van der Waals surface area contributed by atoms with E-state index in [0.29, 0.717) is 23.5 Å². The van der Waals surface area contributed by atoms with Crippen molar-refractivity contribution in [3.8, 4) is 11.4 Å². The summed E-state index contributed by atoms with van der Waals surface area (Å²) in [6.07, 6.45) is 7.63. The van der Waals surface area contributed by atoms with E-state index in [1.54, 1.807) is 10.8 Å². The molecule has 1 fully saturated rings. The van der Waals surface area contributed by atoms with E-state index < -0.39 is 5.56 Å². The summed E-state index contributed by atoms with van der Waals surface area (Å²) in [5, 5.41) is 4.40. The monoisotopic (exact) mass is 376 g/mol. The van der Waals surface area contributed by atoms with E-state index in [1.165, 1.54) is 0 Å². The molecule has 1 aliphatic carbocycles. The quantitative estimate of drug-likeness (QED) is 0.571. The van der Waals surface area contributed by atoms with Gasteiger partial charge >= 0.3 is 5.69 Å². The minimum absolute atomic E-state index is 0.0869. The Hall–Kier alpha value is -3.42. The van der Waals surface area contributed by atoms with Gasteiger partial charge < -0.3 is 4.98 Å². The van der Waals surface area contributed by atoms with Crippen molar-refractivity contribution in [3.63, 3.8) is 0 Å². The third-order valence-corrected chi connectivity index (χ3v) is 5.36. The standard InChI is InChI=1S/C20H20N6O2/c27-19-16-18(26(20(28)24-19)15-8-4-5-9-15)23-17(22-16)14-10-21-25(12-14)11-13-6-2-1-3-7-13/h1-3,6-7,10,12,15H,4-5,8-9,11H2,(H,22,23)(H,24,27,28). The second kappa shape index (κ2) is 6.63. The fraction of sp³-hybridized carbons (Fsp3) is 0.300. The van der Waals surface area contributed by atoms with E-state index in [4.69, 9.17) is 0 Å². The van der Waals surface area contributed by atoms with Crippen LogP contribution in [0.3, 0.4) is 0 Å². The van der Waals surface area contributed by atoms with E-state index in [2.05, 4.69) is 20.1 Å². The second-order valence-electron chi connectivity index (χ2n) is 7.26. The van der Waals surface area contributed by atoms with Crippen LogP contribution in [0.2, 0.25) is 0 Å². The Bertz CT molecular complexity index is 1240. The number of nitrogens with one attached hydrogen (secondary N) is 2. The Kier molecular flexibility index (Phi) is 3.96. The maximum Gasteiger partial charge on any atom is 0.330 e. The number of imidazole rings is 1. The molecule has 2 N–H and O–H groups in total. The molecular weight excluding hydrogens is 356 g/mol. The van der Waals surface area contributed by atoms with Crippen molar-refractivity contribution < 1.29 is 0 Å². The summed E-state index contributed by atoms with van der Waals surface area (Å²) in [6, 6.07) is 10.1. The minimum Gasteiger partial charge on any atom is -0.332 e. The third-order valence-electron chi connectivity index (χ3n) is 5.36. The Morgan fingerprint density at radius 3 is 2.64 bits per heavy atom. The van der Waals surface area contributed by atoms with Crippen molar-refractivity contribution >= 4 is 11.2 Å². The van der Waals surface area contributed by atoms with Crippen LogP contribution in [0.4, 0.5) is 0 Å². The first-order valence-electron chi connectivity index (χ1n) is 9.50. The number of aromatic amines is 2. The normalized spacial score (nSPS) is 14.9. The third kappa shape index (κ3) is 2.87. The molecule has 3 heterocycles. The largest absolute Gasteiger partial charge is 0.332 e. The van der Waals surface area contributed by atoms with Gasteiger partial charge in [-0.1, -0.05) is 43.2 Å². The lowest BCUT2D eigenvalue weighted by Crippen LogP contribution is -2.32. The van der Waals surface area contributed by atoms with Crippen LogP contribution in [0.5, 0.6) is 0 Å². The zero-order chi connectivity index (χ0) is 19.1. The highest BCUT2D eigenvalue weighted by Gasteiger charge is 2.23. The lowest BCUT2D eigenvalue weighted by Gasteiger charge is -2.12. The molecule has 0 saturated heterocycles. The molecule has 0 bridgehead atoms. The van der Waals surface area contributed by atoms with E-state index >= 15 is 0 Å². The van der Waals surface area contributed by atoms with Gasteiger partial charge in [-0.3, -0.25) is 19.0 Å². The predicted molar refractivity (Wildman–Crippen MR) is 105 cm³/mol. The SMILES string of the molecule is O=c1[nH]c(=O)n(C2CCCC2)c2nc(-c3cnn(Cc4ccccc4)c3)[nH]c12. The highest BCUT2D eigenvalue weighted by Crippen LogP contribution is 2.30. The molecule has 1 aliphatic rings. The zero-order valence-electron chi connectivity index (χ0n) is 15.3. The van der Waals surface area contributed by atoms with E-state index in [0.717, 1.165) is 36.8 Å².